The minimum atomic E-state index is -2.63. The van der Waals surface area contributed by atoms with E-state index >= 15 is 0 Å². The predicted octanol–water partition coefficient (Wildman–Crippen LogP) is 6.20. The average molecular weight is 437 g/mol. The zero-order chi connectivity index (χ0) is 22.1. The number of hydrogen-bond acceptors (Lipinski definition) is 3. The molecule has 0 saturated carbocycles. The van der Waals surface area contributed by atoms with Crippen LogP contribution in [0.1, 0.15) is 31.9 Å². The molecule has 1 unspecified atom stereocenters. The van der Waals surface area contributed by atoms with Gasteiger partial charge in [0.25, 0.3) is 0 Å². The molecule has 0 aromatic heterocycles. The molecule has 4 rings (SSSR count). The van der Waals surface area contributed by atoms with Crippen LogP contribution in [-0.2, 0) is 10.1 Å². The molecule has 0 radical (unpaired) electrons. The van der Waals surface area contributed by atoms with E-state index in [4.69, 9.17) is 14.0 Å². The van der Waals surface area contributed by atoms with Gasteiger partial charge in [0.1, 0.15) is 0 Å². The number of hydrogen-bond donors (Lipinski definition) is 0. The van der Waals surface area contributed by atoms with Crippen molar-refractivity contribution < 1.29 is 14.0 Å². The van der Waals surface area contributed by atoms with E-state index in [2.05, 4.69) is 75.4 Å². The predicted molar refractivity (Wildman–Crippen MR) is 131 cm³/mol. The molecule has 0 bridgehead atoms. The van der Waals surface area contributed by atoms with Crippen molar-refractivity contribution in [3.05, 3.63) is 90.0 Å². The third-order valence-electron chi connectivity index (χ3n) is 7.66. The molecule has 31 heavy (non-hydrogen) atoms. The molecule has 1 fully saturated rings. The van der Waals surface area contributed by atoms with E-state index in [1.54, 1.807) is 14.2 Å². The van der Waals surface area contributed by atoms with Gasteiger partial charge in [-0.2, -0.15) is 0 Å². The van der Waals surface area contributed by atoms with E-state index in [-0.39, 0.29) is 0 Å². The van der Waals surface area contributed by atoms with Gasteiger partial charge in [-0.05, 0) is 0 Å². The summed E-state index contributed by atoms with van der Waals surface area (Å²) in [6.07, 6.45) is 2.06. The van der Waals surface area contributed by atoms with E-state index in [1.807, 2.05) is 24.3 Å². The zero-order valence-corrected chi connectivity index (χ0v) is 20.1. The fraction of sp³-hybridized carbons (Fsp3) is 0.333. The molecule has 3 aromatic carbocycles. The molecule has 0 N–H and O–H groups in total. The fourth-order valence-corrected chi connectivity index (χ4v) is 11.9. The third-order valence-corrected chi connectivity index (χ3v) is 14.9. The Morgan fingerprint density at radius 1 is 0.742 bits per heavy atom. The summed E-state index contributed by atoms with van der Waals surface area (Å²) in [4.78, 5) is 0. The second-order valence-corrected chi connectivity index (χ2v) is 14.1. The third kappa shape index (κ3) is 2.94. The maximum absolute atomic E-state index is 7.47. The normalized spacial score (nSPS) is 21.8. The van der Waals surface area contributed by atoms with Crippen molar-refractivity contribution in [2.24, 2.45) is 0 Å². The molecular formula is C27H33O3P. The van der Waals surface area contributed by atoms with Gasteiger partial charge in [-0.15, -0.1) is 0 Å². The SMILES string of the molecule is CCP1(CC)(c2ccccc2)OC(c2ccc(OC)cc2)(c2ccc(OC)cc2)C1C. The molecule has 4 heteroatoms. The Labute approximate surface area is 186 Å². The van der Waals surface area contributed by atoms with E-state index < -0.39 is 12.4 Å². The Kier molecular flexibility index (Phi) is 5.62. The first kappa shape index (κ1) is 21.9. The van der Waals surface area contributed by atoms with Gasteiger partial charge in [0.2, 0.25) is 0 Å². The topological polar surface area (TPSA) is 27.7 Å². The first-order valence-corrected chi connectivity index (χ1v) is 13.7. The molecule has 1 aliphatic heterocycles. The van der Waals surface area contributed by atoms with Crippen LogP contribution in [0.5, 0.6) is 11.5 Å². The van der Waals surface area contributed by atoms with Crippen LogP contribution in [0.15, 0.2) is 78.9 Å². The first-order chi connectivity index (χ1) is 15.0. The van der Waals surface area contributed by atoms with Gasteiger partial charge in [-0.3, -0.25) is 0 Å². The second kappa shape index (κ2) is 7.97. The van der Waals surface area contributed by atoms with Crippen LogP contribution in [0.4, 0.5) is 0 Å². The molecule has 3 aromatic rings. The van der Waals surface area contributed by atoms with Crippen LogP contribution in [0.3, 0.4) is 0 Å². The molecule has 1 saturated heterocycles. The maximum atomic E-state index is 7.47. The van der Waals surface area contributed by atoms with Gasteiger partial charge in [0.05, 0.1) is 0 Å². The summed E-state index contributed by atoms with van der Waals surface area (Å²) in [6, 6.07) is 27.7. The summed E-state index contributed by atoms with van der Waals surface area (Å²) in [5, 5.41) is 1.38. The Hall–Kier alpha value is -2.35. The molecular weight excluding hydrogens is 403 g/mol. The first-order valence-electron chi connectivity index (χ1n) is 11.1. The van der Waals surface area contributed by atoms with Crippen molar-refractivity contribution in [3.63, 3.8) is 0 Å². The van der Waals surface area contributed by atoms with Gasteiger partial charge >= 0.3 is 186 Å². The molecule has 1 heterocycles. The molecule has 0 amide bonds. The van der Waals surface area contributed by atoms with Crippen molar-refractivity contribution in [3.8, 4) is 11.5 Å². The molecule has 164 valence electrons. The van der Waals surface area contributed by atoms with Crippen molar-refractivity contribution in [1.29, 1.82) is 0 Å². The second-order valence-electron chi connectivity index (χ2n) is 8.42. The number of rotatable bonds is 7. The number of methoxy groups -OCH3 is 2. The fourth-order valence-electron chi connectivity index (χ4n) is 5.65. The summed E-state index contributed by atoms with van der Waals surface area (Å²) in [7, 11) is 3.40. The monoisotopic (exact) mass is 436 g/mol. The van der Waals surface area contributed by atoms with Crippen LogP contribution in [0.2, 0.25) is 0 Å². The van der Waals surface area contributed by atoms with Gasteiger partial charge in [0, 0.05) is 0 Å². The van der Waals surface area contributed by atoms with E-state index in [9.17, 15) is 0 Å². The molecule has 0 aliphatic carbocycles. The van der Waals surface area contributed by atoms with E-state index in [1.165, 1.54) is 16.4 Å². The molecule has 3 nitrogen and oxygen atoms in total. The summed E-state index contributed by atoms with van der Waals surface area (Å²) in [6.45, 7) is 4.37. The Morgan fingerprint density at radius 3 is 1.55 bits per heavy atom. The molecule has 0 spiro atoms. The van der Waals surface area contributed by atoms with Crippen LogP contribution < -0.4 is 14.8 Å². The Bertz CT molecular complexity index is 977. The van der Waals surface area contributed by atoms with Gasteiger partial charge in [-0.1, -0.05) is 0 Å². The molecule has 1 aliphatic rings. The minimum absolute atomic E-state index is 0.331. The average Bonchev–Trinajstić information content (AvgIpc) is 2.85. The van der Waals surface area contributed by atoms with Crippen LogP contribution in [0, 0.1) is 0 Å². The summed E-state index contributed by atoms with van der Waals surface area (Å²) >= 11 is 0. The van der Waals surface area contributed by atoms with Crippen molar-refractivity contribution in [2.45, 2.75) is 32.0 Å². The summed E-state index contributed by atoms with van der Waals surface area (Å²) < 4.78 is 18.3. The van der Waals surface area contributed by atoms with Gasteiger partial charge in [-0.25, -0.2) is 0 Å². The summed E-state index contributed by atoms with van der Waals surface area (Å²) in [5.74, 6) is 1.71. The van der Waals surface area contributed by atoms with E-state index in [0.717, 1.165) is 23.8 Å². The standard InChI is InChI=1S/C27H33O3P/c1-6-31(7-2,26-11-9-8-10-12-26)21(3)27(30-31,22-13-17-24(28-4)18-14-22)23-15-19-25(29-5)20-16-23/h8-21H,6-7H2,1-5H3. The van der Waals surface area contributed by atoms with Gasteiger partial charge in [0.15, 0.2) is 0 Å². The van der Waals surface area contributed by atoms with Crippen LogP contribution in [0.25, 0.3) is 0 Å². The number of benzene rings is 3. The van der Waals surface area contributed by atoms with Crippen molar-refractivity contribution >= 4 is 12.1 Å². The quantitative estimate of drug-likeness (QED) is 0.413. The molecule has 1 atom stereocenters. The van der Waals surface area contributed by atoms with Crippen LogP contribution >= 0.6 is 6.83 Å². The summed E-state index contributed by atoms with van der Waals surface area (Å²) in [5.41, 5.74) is 2.17. The Balaban J connectivity index is 1.92. The van der Waals surface area contributed by atoms with E-state index in [0.29, 0.717) is 5.66 Å². The van der Waals surface area contributed by atoms with Crippen molar-refractivity contribution in [2.75, 3.05) is 26.5 Å². The van der Waals surface area contributed by atoms with Crippen LogP contribution in [-0.4, -0.2) is 32.2 Å². The van der Waals surface area contributed by atoms with Crippen molar-refractivity contribution in [1.82, 2.24) is 0 Å². The number of ether oxygens (including phenoxy) is 2. The zero-order valence-electron chi connectivity index (χ0n) is 19.2. The Morgan fingerprint density at radius 2 is 1.19 bits per heavy atom. The van der Waals surface area contributed by atoms with Gasteiger partial charge < -0.3 is 0 Å².